The molecule has 1 aromatic rings. The van der Waals surface area contributed by atoms with Gasteiger partial charge in [0.1, 0.15) is 18.5 Å². The van der Waals surface area contributed by atoms with E-state index in [0.717, 1.165) is 0 Å². The second kappa shape index (κ2) is 7.85. The van der Waals surface area contributed by atoms with Crippen molar-refractivity contribution in [3.8, 4) is 11.8 Å². The fraction of sp³-hybridized carbons (Fsp3) is 0.533. The summed E-state index contributed by atoms with van der Waals surface area (Å²) >= 11 is 0. The van der Waals surface area contributed by atoms with Gasteiger partial charge < -0.3 is 20.3 Å². The summed E-state index contributed by atoms with van der Waals surface area (Å²) < 4.78 is 5.42. The summed E-state index contributed by atoms with van der Waals surface area (Å²) in [5.74, 6) is 0.559. The van der Waals surface area contributed by atoms with Crippen molar-refractivity contribution in [3.63, 3.8) is 0 Å². The fourth-order valence-electron chi connectivity index (χ4n) is 1.54. The van der Waals surface area contributed by atoms with Crippen LogP contribution in [0.3, 0.4) is 0 Å². The van der Waals surface area contributed by atoms with Gasteiger partial charge in [-0.05, 0) is 31.5 Å². The number of hydrogen-bond acceptors (Lipinski definition) is 5. The number of aliphatic hydroxyl groups is 2. The van der Waals surface area contributed by atoms with Gasteiger partial charge in [-0.3, -0.25) is 0 Å². The Kier molecular flexibility index (Phi) is 6.46. The van der Waals surface area contributed by atoms with Crippen LogP contribution in [0.5, 0.6) is 5.75 Å². The first-order valence-electron chi connectivity index (χ1n) is 6.71. The van der Waals surface area contributed by atoms with Gasteiger partial charge in [0.15, 0.2) is 0 Å². The van der Waals surface area contributed by atoms with Gasteiger partial charge in [0, 0.05) is 13.1 Å². The van der Waals surface area contributed by atoms with Crippen LogP contribution in [-0.4, -0.2) is 41.6 Å². The first-order chi connectivity index (χ1) is 9.46. The standard InChI is InChI=1S/C15H22N2O3/c1-3-15(2,19)11-17-9-13(18)10-20-14-6-4-5-12(7-14)8-16/h4-7,13,17-19H,3,9-11H2,1-2H3. The third kappa shape index (κ3) is 6.02. The second-order valence-electron chi connectivity index (χ2n) is 5.09. The number of hydrogen-bond donors (Lipinski definition) is 3. The maximum absolute atomic E-state index is 9.80. The third-order valence-corrected chi connectivity index (χ3v) is 3.05. The molecule has 1 rings (SSSR count). The van der Waals surface area contributed by atoms with Crippen LogP contribution in [0.25, 0.3) is 0 Å². The zero-order valence-electron chi connectivity index (χ0n) is 12.0. The van der Waals surface area contributed by atoms with Crippen molar-refractivity contribution in [1.82, 2.24) is 5.32 Å². The minimum Gasteiger partial charge on any atom is -0.491 e. The Morgan fingerprint density at radius 3 is 2.90 bits per heavy atom. The second-order valence-corrected chi connectivity index (χ2v) is 5.09. The summed E-state index contributed by atoms with van der Waals surface area (Å²) in [5.41, 5.74) is -0.240. The molecule has 110 valence electrons. The molecule has 0 aromatic heterocycles. The minimum atomic E-state index is -0.762. The molecule has 0 heterocycles. The predicted octanol–water partition coefficient (Wildman–Crippen LogP) is 1.05. The fourth-order valence-corrected chi connectivity index (χ4v) is 1.54. The number of nitrogens with zero attached hydrogens (tertiary/aromatic N) is 1. The predicted molar refractivity (Wildman–Crippen MR) is 76.4 cm³/mol. The van der Waals surface area contributed by atoms with Crippen LogP contribution in [-0.2, 0) is 0 Å². The average molecular weight is 278 g/mol. The molecule has 5 nitrogen and oxygen atoms in total. The monoisotopic (exact) mass is 278 g/mol. The molecule has 0 aliphatic heterocycles. The molecule has 2 atom stereocenters. The number of rotatable bonds is 8. The first kappa shape index (κ1) is 16.4. The SMILES string of the molecule is CCC(C)(O)CNCC(O)COc1cccc(C#N)c1. The lowest BCUT2D eigenvalue weighted by Gasteiger charge is -2.22. The number of aliphatic hydroxyl groups excluding tert-OH is 1. The molecular weight excluding hydrogens is 256 g/mol. The Hall–Kier alpha value is -1.61. The Morgan fingerprint density at radius 1 is 1.50 bits per heavy atom. The summed E-state index contributed by atoms with van der Waals surface area (Å²) in [4.78, 5) is 0. The van der Waals surface area contributed by atoms with Crippen molar-refractivity contribution in [2.75, 3.05) is 19.7 Å². The van der Waals surface area contributed by atoms with Gasteiger partial charge >= 0.3 is 0 Å². The largest absolute Gasteiger partial charge is 0.491 e. The van der Waals surface area contributed by atoms with Crippen LogP contribution >= 0.6 is 0 Å². The average Bonchev–Trinajstić information content (AvgIpc) is 2.45. The topological polar surface area (TPSA) is 85.5 Å². The molecule has 3 N–H and O–H groups in total. The molecule has 20 heavy (non-hydrogen) atoms. The molecule has 0 aliphatic rings. The molecule has 0 bridgehead atoms. The van der Waals surface area contributed by atoms with E-state index in [9.17, 15) is 10.2 Å². The van der Waals surface area contributed by atoms with E-state index < -0.39 is 11.7 Å². The molecule has 0 saturated heterocycles. The molecule has 0 spiro atoms. The zero-order valence-corrected chi connectivity index (χ0v) is 12.0. The highest BCUT2D eigenvalue weighted by atomic mass is 16.5. The van der Waals surface area contributed by atoms with Crippen molar-refractivity contribution in [2.45, 2.75) is 32.0 Å². The number of nitrogens with one attached hydrogen (secondary N) is 1. The van der Waals surface area contributed by atoms with Crippen molar-refractivity contribution in [1.29, 1.82) is 5.26 Å². The minimum absolute atomic E-state index is 0.135. The highest BCUT2D eigenvalue weighted by Gasteiger charge is 2.17. The van der Waals surface area contributed by atoms with E-state index in [-0.39, 0.29) is 6.61 Å². The Labute approximate surface area is 119 Å². The molecule has 0 radical (unpaired) electrons. The van der Waals surface area contributed by atoms with E-state index in [4.69, 9.17) is 10.00 Å². The van der Waals surface area contributed by atoms with Gasteiger partial charge in [-0.25, -0.2) is 0 Å². The summed E-state index contributed by atoms with van der Waals surface area (Å²) in [7, 11) is 0. The van der Waals surface area contributed by atoms with Crippen molar-refractivity contribution >= 4 is 0 Å². The lowest BCUT2D eigenvalue weighted by Crippen LogP contribution is -2.41. The molecular formula is C15H22N2O3. The molecule has 1 aromatic carbocycles. The van der Waals surface area contributed by atoms with Gasteiger partial charge in [0.2, 0.25) is 0 Å². The number of ether oxygens (including phenoxy) is 1. The van der Waals surface area contributed by atoms with Gasteiger partial charge in [-0.15, -0.1) is 0 Å². The van der Waals surface area contributed by atoms with Crippen LogP contribution in [0.1, 0.15) is 25.8 Å². The maximum Gasteiger partial charge on any atom is 0.120 e. The number of nitriles is 1. The first-order valence-corrected chi connectivity index (χ1v) is 6.71. The smallest absolute Gasteiger partial charge is 0.120 e. The van der Waals surface area contributed by atoms with Crippen LogP contribution < -0.4 is 10.1 Å². The van der Waals surface area contributed by atoms with Gasteiger partial charge in [-0.2, -0.15) is 5.26 Å². The van der Waals surface area contributed by atoms with Crippen molar-refractivity contribution in [2.24, 2.45) is 0 Å². The van der Waals surface area contributed by atoms with Gasteiger partial charge in [-0.1, -0.05) is 13.0 Å². The lowest BCUT2D eigenvalue weighted by atomic mass is 10.0. The maximum atomic E-state index is 9.80. The van der Waals surface area contributed by atoms with Crippen LogP contribution in [0, 0.1) is 11.3 Å². The van der Waals surface area contributed by atoms with E-state index in [1.165, 1.54) is 0 Å². The summed E-state index contributed by atoms with van der Waals surface area (Å²) in [5, 5.41) is 31.3. The number of benzene rings is 1. The lowest BCUT2D eigenvalue weighted by molar-refractivity contribution is 0.0476. The Bertz CT molecular complexity index is 455. The molecule has 0 fully saturated rings. The molecule has 2 unspecified atom stereocenters. The molecule has 0 saturated carbocycles. The van der Waals surface area contributed by atoms with Gasteiger partial charge in [0.05, 0.1) is 17.2 Å². The summed E-state index contributed by atoms with van der Waals surface area (Å²) in [6.45, 7) is 4.55. The quantitative estimate of drug-likeness (QED) is 0.662. The van der Waals surface area contributed by atoms with E-state index in [2.05, 4.69) is 5.32 Å². The van der Waals surface area contributed by atoms with E-state index >= 15 is 0 Å². The molecule has 5 heteroatoms. The molecule has 0 amide bonds. The molecule has 0 aliphatic carbocycles. The van der Waals surface area contributed by atoms with E-state index in [1.807, 2.05) is 13.0 Å². The normalized spacial score (nSPS) is 15.2. The Morgan fingerprint density at radius 2 is 2.25 bits per heavy atom. The highest BCUT2D eigenvalue weighted by molar-refractivity contribution is 5.36. The summed E-state index contributed by atoms with van der Waals surface area (Å²) in [6, 6.07) is 8.82. The van der Waals surface area contributed by atoms with Gasteiger partial charge in [0.25, 0.3) is 0 Å². The van der Waals surface area contributed by atoms with E-state index in [0.29, 0.717) is 30.8 Å². The van der Waals surface area contributed by atoms with Crippen molar-refractivity contribution < 1.29 is 14.9 Å². The Balaban J connectivity index is 2.29. The highest BCUT2D eigenvalue weighted by Crippen LogP contribution is 2.12. The van der Waals surface area contributed by atoms with Crippen molar-refractivity contribution in [3.05, 3.63) is 29.8 Å². The van der Waals surface area contributed by atoms with Crippen LogP contribution in [0.4, 0.5) is 0 Å². The van der Waals surface area contributed by atoms with Crippen LogP contribution in [0.15, 0.2) is 24.3 Å². The zero-order chi connectivity index (χ0) is 15.0. The van der Waals surface area contributed by atoms with E-state index in [1.54, 1.807) is 31.2 Å². The van der Waals surface area contributed by atoms with Crippen LogP contribution in [0.2, 0.25) is 0 Å². The summed E-state index contributed by atoms with van der Waals surface area (Å²) in [6.07, 6.45) is -0.0264. The third-order valence-electron chi connectivity index (χ3n) is 3.05.